The van der Waals surface area contributed by atoms with E-state index in [1.807, 2.05) is 0 Å². The Morgan fingerprint density at radius 2 is 1.57 bits per heavy atom. The molecule has 7 heteroatoms. The van der Waals surface area contributed by atoms with E-state index in [9.17, 15) is 15.0 Å². The predicted molar refractivity (Wildman–Crippen MR) is 81.8 cm³/mol. The van der Waals surface area contributed by atoms with Gasteiger partial charge in [0.05, 0.1) is 26.9 Å². The van der Waals surface area contributed by atoms with Crippen molar-refractivity contribution in [3.63, 3.8) is 0 Å². The fourth-order valence-corrected chi connectivity index (χ4v) is 2.82. The van der Waals surface area contributed by atoms with Crippen molar-refractivity contribution in [2.24, 2.45) is 0 Å². The van der Waals surface area contributed by atoms with Gasteiger partial charge in [0.1, 0.15) is 29.1 Å². The Balaban J connectivity index is 2.93. The molecule has 128 valence electrons. The number of fused-ring (bicyclic) bond motifs is 1. The number of rotatable bonds is 4. The number of ether oxygens (including phenoxy) is 4. The molecule has 0 aliphatic carbocycles. The van der Waals surface area contributed by atoms with Crippen LogP contribution in [0.15, 0.2) is 0 Å². The summed E-state index contributed by atoms with van der Waals surface area (Å²) >= 11 is 0. The molecule has 1 aromatic carbocycles. The molecular weight excluding hydrogens is 304 g/mol. The first kappa shape index (κ1) is 17.4. The second-order valence-corrected chi connectivity index (χ2v) is 5.87. The third-order valence-electron chi connectivity index (χ3n) is 3.99. The lowest BCUT2D eigenvalue weighted by molar-refractivity contribution is -0.113. The normalized spacial score (nSPS) is 21.9. The van der Waals surface area contributed by atoms with Crippen molar-refractivity contribution in [2.45, 2.75) is 38.6 Å². The van der Waals surface area contributed by atoms with Gasteiger partial charge in [0.25, 0.3) is 0 Å². The van der Waals surface area contributed by atoms with Crippen molar-refractivity contribution >= 4 is 5.78 Å². The lowest BCUT2D eigenvalue weighted by atomic mass is 9.86. The summed E-state index contributed by atoms with van der Waals surface area (Å²) in [5, 5.41) is 20.9. The summed E-state index contributed by atoms with van der Waals surface area (Å²) in [6.45, 7) is 4.63. The van der Waals surface area contributed by atoms with E-state index in [4.69, 9.17) is 18.9 Å². The summed E-state index contributed by atoms with van der Waals surface area (Å²) in [7, 11) is 4.17. The van der Waals surface area contributed by atoms with Gasteiger partial charge < -0.3 is 29.2 Å². The average Bonchev–Trinajstić information content (AvgIpc) is 2.49. The van der Waals surface area contributed by atoms with Crippen molar-refractivity contribution in [1.82, 2.24) is 0 Å². The minimum atomic E-state index is -1.30. The maximum atomic E-state index is 12.1. The molecule has 0 spiro atoms. The Labute approximate surface area is 134 Å². The number of methoxy groups -OCH3 is 3. The van der Waals surface area contributed by atoms with Gasteiger partial charge in [-0.2, -0.15) is 0 Å². The van der Waals surface area contributed by atoms with Crippen LogP contribution in [-0.4, -0.2) is 49.0 Å². The second kappa shape index (κ2) is 5.90. The summed E-state index contributed by atoms with van der Waals surface area (Å²) in [6, 6.07) is 0. The number of hydrogen-bond donors (Lipinski definition) is 2. The highest BCUT2D eigenvalue weighted by atomic mass is 16.6. The highest BCUT2D eigenvalue weighted by molar-refractivity contribution is 6.02. The molecule has 0 amide bonds. The molecule has 0 fully saturated rings. The Morgan fingerprint density at radius 1 is 1.04 bits per heavy atom. The summed E-state index contributed by atoms with van der Waals surface area (Å²) in [5.41, 5.74) is -0.768. The zero-order valence-electron chi connectivity index (χ0n) is 14.1. The van der Waals surface area contributed by atoms with Crippen LogP contribution in [0.3, 0.4) is 0 Å². The number of Topliss-reactive ketones (excluding diaryl/α,β-unsaturated/α-hetero) is 1. The molecule has 7 nitrogen and oxygen atoms in total. The summed E-state index contributed by atoms with van der Waals surface area (Å²) < 4.78 is 21.8. The van der Waals surface area contributed by atoms with Gasteiger partial charge in [0.15, 0.2) is 17.3 Å². The number of aliphatic hydroxyl groups excluding tert-OH is 2. The fraction of sp³-hybridized carbons (Fsp3) is 0.562. The quantitative estimate of drug-likeness (QED) is 0.809. The first-order chi connectivity index (χ1) is 10.7. The molecule has 0 bridgehead atoms. The first-order valence-electron chi connectivity index (χ1n) is 7.13. The Hall–Kier alpha value is -1.99. The molecule has 0 saturated heterocycles. The highest BCUT2D eigenvalue weighted by Crippen LogP contribution is 2.55. The van der Waals surface area contributed by atoms with Crippen LogP contribution in [0, 0.1) is 0 Å². The minimum Gasteiger partial charge on any atom is -0.495 e. The second-order valence-electron chi connectivity index (χ2n) is 5.87. The molecule has 1 heterocycles. The van der Waals surface area contributed by atoms with Gasteiger partial charge in [-0.3, -0.25) is 4.79 Å². The Morgan fingerprint density at radius 3 is 2.00 bits per heavy atom. The molecule has 0 saturated carbocycles. The molecule has 1 aromatic rings. The predicted octanol–water partition coefficient (Wildman–Crippen LogP) is 1.48. The lowest BCUT2D eigenvalue weighted by Crippen LogP contribution is -2.49. The van der Waals surface area contributed by atoms with Gasteiger partial charge >= 0.3 is 0 Å². The van der Waals surface area contributed by atoms with Crippen LogP contribution in [0.5, 0.6) is 23.0 Å². The van der Waals surface area contributed by atoms with Crippen LogP contribution >= 0.6 is 0 Å². The molecule has 0 unspecified atom stereocenters. The van der Waals surface area contributed by atoms with Crippen molar-refractivity contribution in [3.8, 4) is 23.0 Å². The number of hydrogen-bond acceptors (Lipinski definition) is 7. The van der Waals surface area contributed by atoms with E-state index in [0.717, 1.165) is 0 Å². The topological polar surface area (TPSA) is 94.5 Å². The van der Waals surface area contributed by atoms with Gasteiger partial charge in [-0.15, -0.1) is 0 Å². The standard InChI is InChI=1S/C16H22O7/c1-7(17)8-11(20-4)9-10(18)15(19)16(2,3)23-13(9)14(22-6)12(8)21-5/h10,15,18-19H,1-6H3/t10-,15+/m0/s1. The van der Waals surface area contributed by atoms with Crippen LogP contribution in [0.4, 0.5) is 0 Å². The lowest BCUT2D eigenvalue weighted by Gasteiger charge is -2.41. The van der Waals surface area contributed by atoms with Gasteiger partial charge in [0, 0.05) is 0 Å². The van der Waals surface area contributed by atoms with E-state index in [1.54, 1.807) is 13.8 Å². The monoisotopic (exact) mass is 326 g/mol. The largest absolute Gasteiger partial charge is 0.495 e. The molecule has 2 atom stereocenters. The molecule has 0 aromatic heterocycles. The number of ketones is 1. The molecule has 0 radical (unpaired) electrons. The smallest absolute Gasteiger partial charge is 0.204 e. The minimum absolute atomic E-state index is 0.104. The van der Waals surface area contributed by atoms with Crippen LogP contribution in [0.25, 0.3) is 0 Å². The van der Waals surface area contributed by atoms with Crippen LogP contribution in [0.2, 0.25) is 0 Å². The van der Waals surface area contributed by atoms with Gasteiger partial charge in [-0.05, 0) is 20.8 Å². The zero-order chi connectivity index (χ0) is 17.5. The molecule has 1 aliphatic heterocycles. The number of aliphatic hydroxyl groups is 2. The van der Waals surface area contributed by atoms with Crippen LogP contribution < -0.4 is 18.9 Å². The fourth-order valence-electron chi connectivity index (χ4n) is 2.82. The van der Waals surface area contributed by atoms with Crippen molar-refractivity contribution in [2.75, 3.05) is 21.3 Å². The maximum absolute atomic E-state index is 12.1. The van der Waals surface area contributed by atoms with Gasteiger partial charge in [0.2, 0.25) is 5.75 Å². The van der Waals surface area contributed by atoms with Gasteiger partial charge in [-0.1, -0.05) is 0 Å². The van der Waals surface area contributed by atoms with Crippen molar-refractivity contribution in [1.29, 1.82) is 0 Å². The van der Waals surface area contributed by atoms with Crippen LogP contribution in [-0.2, 0) is 0 Å². The maximum Gasteiger partial charge on any atom is 0.204 e. The van der Waals surface area contributed by atoms with E-state index in [1.165, 1.54) is 28.3 Å². The summed E-state index contributed by atoms with van der Waals surface area (Å²) in [6.07, 6.45) is -2.51. The van der Waals surface area contributed by atoms with E-state index < -0.39 is 17.8 Å². The van der Waals surface area contributed by atoms with Crippen LogP contribution in [0.1, 0.15) is 42.8 Å². The SMILES string of the molecule is COc1c(OC)c(C(C)=O)c(OC)c2c1OC(C)(C)[C@H](O)[C@H]2O. The molecule has 2 N–H and O–H groups in total. The average molecular weight is 326 g/mol. The molecule has 2 rings (SSSR count). The molecule has 1 aliphatic rings. The van der Waals surface area contributed by atoms with E-state index in [2.05, 4.69) is 0 Å². The summed E-state index contributed by atoms with van der Waals surface area (Å²) in [4.78, 5) is 12.1. The molecule has 23 heavy (non-hydrogen) atoms. The highest BCUT2D eigenvalue weighted by Gasteiger charge is 2.47. The van der Waals surface area contributed by atoms with E-state index in [0.29, 0.717) is 0 Å². The van der Waals surface area contributed by atoms with Gasteiger partial charge in [-0.25, -0.2) is 0 Å². The number of carbonyl (C=O) groups is 1. The third kappa shape index (κ3) is 2.49. The van der Waals surface area contributed by atoms with E-state index in [-0.39, 0.29) is 39.9 Å². The Kier molecular flexibility index (Phi) is 4.45. The van der Waals surface area contributed by atoms with Crippen molar-refractivity contribution in [3.05, 3.63) is 11.1 Å². The Bertz CT molecular complexity index is 636. The summed E-state index contributed by atoms with van der Waals surface area (Å²) in [5.74, 6) is 0.301. The third-order valence-corrected chi connectivity index (χ3v) is 3.99. The number of carbonyl (C=O) groups excluding carboxylic acids is 1. The first-order valence-corrected chi connectivity index (χ1v) is 7.13. The zero-order valence-corrected chi connectivity index (χ0v) is 14.1. The van der Waals surface area contributed by atoms with Crippen molar-refractivity contribution < 1.29 is 34.0 Å². The number of benzene rings is 1. The van der Waals surface area contributed by atoms with E-state index >= 15 is 0 Å². The molecular formula is C16H22O7.